The molecule has 0 aromatic heterocycles. The van der Waals surface area contributed by atoms with Crippen LogP contribution >= 0.6 is 0 Å². The highest BCUT2D eigenvalue weighted by molar-refractivity contribution is 5.89. The fraction of sp³-hybridized carbons (Fsp3) is 0.138. The third kappa shape index (κ3) is 7.61. The summed E-state index contributed by atoms with van der Waals surface area (Å²) in [5.41, 5.74) is 3.52. The lowest BCUT2D eigenvalue weighted by atomic mass is 10.1. The van der Waals surface area contributed by atoms with Gasteiger partial charge in [-0.15, -0.1) is 0 Å². The second kappa shape index (κ2) is 12.2. The molecule has 0 saturated heterocycles. The Bertz CT molecular complexity index is 1230. The first kappa shape index (κ1) is 23.8. The van der Waals surface area contributed by atoms with E-state index in [1.54, 1.807) is 12.1 Å². The molecule has 6 heteroatoms. The van der Waals surface area contributed by atoms with Crippen LogP contribution in [0.1, 0.15) is 16.7 Å². The molecule has 4 rings (SSSR count). The highest BCUT2D eigenvalue weighted by Gasteiger charge is 2.09. The Balaban J connectivity index is 1.37. The quantitative estimate of drug-likeness (QED) is 0.284. The van der Waals surface area contributed by atoms with Crippen molar-refractivity contribution in [1.82, 2.24) is 5.32 Å². The van der Waals surface area contributed by atoms with Crippen molar-refractivity contribution in [1.29, 1.82) is 0 Å². The zero-order chi connectivity index (χ0) is 24.3. The largest absolute Gasteiger partial charge is 0.485 e. The molecule has 35 heavy (non-hydrogen) atoms. The molecule has 5 nitrogen and oxygen atoms in total. The van der Waals surface area contributed by atoms with Gasteiger partial charge in [0.05, 0.1) is 0 Å². The summed E-state index contributed by atoms with van der Waals surface area (Å²) in [4.78, 5) is 12.1. The van der Waals surface area contributed by atoms with Gasteiger partial charge in [-0.05, 0) is 53.4 Å². The molecule has 0 bridgehead atoms. The molecule has 0 atom stereocenters. The fourth-order valence-corrected chi connectivity index (χ4v) is 3.47. The van der Waals surface area contributed by atoms with Gasteiger partial charge < -0.3 is 20.1 Å². The van der Waals surface area contributed by atoms with Crippen LogP contribution in [0.3, 0.4) is 0 Å². The number of amides is 2. The monoisotopic (exact) mass is 470 g/mol. The molecular formula is C29H27FN2O3. The van der Waals surface area contributed by atoms with E-state index in [1.807, 2.05) is 78.9 Å². The topological polar surface area (TPSA) is 59.6 Å². The maximum atomic E-state index is 13.3. The van der Waals surface area contributed by atoms with Crippen LogP contribution in [-0.2, 0) is 19.6 Å². The normalized spacial score (nSPS) is 10.4. The Kier molecular flexibility index (Phi) is 8.32. The van der Waals surface area contributed by atoms with Crippen LogP contribution in [-0.4, -0.2) is 12.6 Å². The van der Waals surface area contributed by atoms with E-state index in [1.165, 1.54) is 12.1 Å². The molecule has 178 valence electrons. The maximum Gasteiger partial charge on any atom is 0.319 e. The molecular weight excluding hydrogens is 443 g/mol. The first-order chi connectivity index (χ1) is 17.2. The van der Waals surface area contributed by atoms with Gasteiger partial charge in [-0.2, -0.15) is 0 Å². The van der Waals surface area contributed by atoms with E-state index < -0.39 is 5.82 Å². The number of carbonyl (C=O) groups excluding carboxylic acids is 1. The summed E-state index contributed by atoms with van der Waals surface area (Å²) in [5, 5.41) is 5.42. The van der Waals surface area contributed by atoms with Crippen molar-refractivity contribution in [2.75, 3.05) is 11.9 Å². The Morgan fingerprint density at radius 3 is 2.00 bits per heavy atom. The molecule has 0 spiro atoms. The van der Waals surface area contributed by atoms with Crippen LogP contribution in [0.4, 0.5) is 14.9 Å². The molecule has 0 aliphatic rings. The molecule has 0 saturated carbocycles. The second-order valence-corrected chi connectivity index (χ2v) is 7.97. The average Bonchev–Trinajstić information content (AvgIpc) is 2.88. The van der Waals surface area contributed by atoms with Crippen molar-refractivity contribution in [2.24, 2.45) is 0 Å². The molecule has 0 heterocycles. The van der Waals surface area contributed by atoms with Crippen molar-refractivity contribution in [2.45, 2.75) is 19.6 Å². The number of halogens is 1. The second-order valence-electron chi connectivity index (χ2n) is 7.97. The molecule has 4 aromatic carbocycles. The number of hydrogen-bond donors (Lipinski definition) is 2. The lowest BCUT2D eigenvalue weighted by Crippen LogP contribution is -2.30. The number of hydrogen-bond acceptors (Lipinski definition) is 3. The van der Waals surface area contributed by atoms with E-state index in [2.05, 4.69) is 10.6 Å². The molecule has 0 aliphatic carbocycles. The van der Waals surface area contributed by atoms with E-state index in [-0.39, 0.29) is 6.03 Å². The van der Waals surface area contributed by atoms with E-state index in [4.69, 9.17) is 9.47 Å². The number of urea groups is 1. The maximum absolute atomic E-state index is 13.3. The van der Waals surface area contributed by atoms with Crippen LogP contribution in [0.2, 0.25) is 0 Å². The Labute approximate surface area is 204 Å². The predicted octanol–water partition coefficient (Wildman–Crippen LogP) is 6.35. The van der Waals surface area contributed by atoms with Crippen LogP contribution in [0.5, 0.6) is 11.5 Å². The van der Waals surface area contributed by atoms with E-state index >= 15 is 0 Å². The molecule has 0 radical (unpaired) electrons. The first-order valence-corrected chi connectivity index (χ1v) is 11.4. The third-order valence-electron chi connectivity index (χ3n) is 5.26. The minimum absolute atomic E-state index is 0.390. The van der Waals surface area contributed by atoms with Crippen LogP contribution in [0, 0.1) is 5.82 Å². The van der Waals surface area contributed by atoms with Gasteiger partial charge in [-0.3, -0.25) is 0 Å². The first-order valence-electron chi connectivity index (χ1n) is 11.4. The molecule has 0 unspecified atom stereocenters. The van der Waals surface area contributed by atoms with Gasteiger partial charge in [0.2, 0.25) is 0 Å². The predicted molar refractivity (Wildman–Crippen MR) is 135 cm³/mol. The zero-order valence-corrected chi connectivity index (χ0v) is 19.2. The summed E-state index contributed by atoms with van der Waals surface area (Å²) in [7, 11) is 0. The Hall–Kier alpha value is -4.32. The summed E-state index contributed by atoms with van der Waals surface area (Å²) in [5.74, 6) is 0.900. The van der Waals surface area contributed by atoms with Gasteiger partial charge >= 0.3 is 6.03 Å². The highest BCUT2D eigenvalue weighted by atomic mass is 19.1. The number of ether oxygens (including phenoxy) is 2. The van der Waals surface area contributed by atoms with Gasteiger partial charge in [-0.1, -0.05) is 72.8 Å². The van der Waals surface area contributed by atoms with Gasteiger partial charge in [0.15, 0.2) is 11.5 Å². The third-order valence-corrected chi connectivity index (χ3v) is 5.26. The Morgan fingerprint density at radius 1 is 0.686 bits per heavy atom. The van der Waals surface area contributed by atoms with Crippen LogP contribution in [0.25, 0.3) is 0 Å². The van der Waals surface area contributed by atoms with Crippen molar-refractivity contribution in [3.8, 4) is 11.5 Å². The summed E-state index contributed by atoms with van der Waals surface area (Å²) >= 11 is 0. The summed E-state index contributed by atoms with van der Waals surface area (Å²) in [6.07, 6.45) is 0.594. The fourth-order valence-electron chi connectivity index (χ4n) is 3.47. The van der Waals surface area contributed by atoms with Crippen molar-refractivity contribution < 1.29 is 18.7 Å². The zero-order valence-electron chi connectivity index (χ0n) is 19.2. The number of rotatable bonds is 10. The van der Waals surface area contributed by atoms with E-state index in [9.17, 15) is 9.18 Å². The smallest absolute Gasteiger partial charge is 0.319 e. The number of benzene rings is 4. The lowest BCUT2D eigenvalue weighted by molar-refractivity contribution is 0.252. The van der Waals surface area contributed by atoms with Gasteiger partial charge in [-0.25, -0.2) is 9.18 Å². The summed E-state index contributed by atoms with van der Waals surface area (Å²) in [6, 6.07) is 31.1. The van der Waals surface area contributed by atoms with Crippen LogP contribution in [0.15, 0.2) is 103 Å². The minimum Gasteiger partial charge on any atom is -0.485 e. The summed E-state index contributed by atoms with van der Waals surface area (Å²) in [6.45, 7) is 1.26. The number of anilines is 1. The number of nitrogens with one attached hydrogen (secondary N) is 2. The Morgan fingerprint density at radius 2 is 1.34 bits per heavy atom. The van der Waals surface area contributed by atoms with Gasteiger partial charge in [0, 0.05) is 12.2 Å². The van der Waals surface area contributed by atoms with Crippen molar-refractivity contribution >= 4 is 11.7 Å². The molecule has 2 N–H and O–H groups in total. The SMILES string of the molecule is O=C(NCCc1ccc(OCc2ccccc2)c(OCc2ccccc2)c1)Nc1cccc(F)c1. The minimum atomic E-state index is -0.402. The highest BCUT2D eigenvalue weighted by Crippen LogP contribution is 2.30. The molecule has 0 fully saturated rings. The molecule has 0 aliphatic heterocycles. The van der Waals surface area contributed by atoms with E-state index in [0.717, 1.165) is 16.7 Å². The van der Waals surface area contributed by atoms with Crippen LogP contribution < -0.4 is 20.1 Å². The molecule has 4 aromatic rings. The van der Waals surface area contributed by atoms with Crippen molar-refractivity contribution in [3.05, 3.63) is 126 Å². The average molecular weight is 471 g/mol. The standard InChI is InChI=1S/C29H27FN2O3/c30-25-12-7-13-26(19-25)32-29(33)31-17-16-22-14-15-27(34-20-23-8-3-1-4-9-23)28(18-22)35-21-24-10-5-2-6-11-24/h1-15,18-19H,16-17,20-21H2,(H2,31,32,33). The van der Waals surface area contributed by atoms with E-state index in [0.29, 0.717) is 43.4 Å². The lowest BCUT2D eigenvalue weighted by Gasteiger charge is -2.15. The molecule has 2 amide bonds. The van der Waals surface area contributed by atoms with Gasteiger partial charge in [0.1, 0.15) is 19.0 Å². The number of carbonyl (C=O) groups is 1. The van der Waals surface area contributed by atoms with Crippen molar-refractivity contribution in [3.63, 3.8) is 0 Å². The summed E-state index contributed by atoms with van der Waals surface area (Å²) < 4.78 is 25.4. The van der Waals surface area contributed by atoms with Gasteiger partial charge in [0.25, 0.3) is 0 Å².